The van der Waals surface area contributed by atoms with E-state index in [4.69, 9.17) is 11.6 Å². The minimum Gasteiger partial charge on any atom is -0.326 e. The van der Waals surface area contributed by atoms with Gasteiger partial charge in [0, 0.05) is 23.8 Å². The second-order valence-corrected chi connectivity index (χ2v) is 6.09. The average molecular weight is 341 g/mol. The Bertz CT molecular complexity index is 817. The molecule has 3 rings (SSSR count). The molecule has 1 aliphatic heterocycles. The van der Waals surface area contributed by atoms with Crippen molar-refractivity contribution in [2.45, 2.75) is 19.4 Å². The molecule has 1 aliphatic rings. The number of nitrogens with zero attached hydrogens (tertiary/aromatic N) is 1. The van der Waals surface area contributed by atoms with Crippen LogP contribution < -0.4 is 5.32 Å². The number of hydrogen-bond acceptors (Lipinski definition) is 2. The predicted molar refractivity (Wildman–Crippen MR) is 95.4 cm³/mol. The van der Waals surface area contributed by atoms with Gasteiger partial charge in [-0.1, -0.05) is 41.9 Å². The van der Waals surface area contributed by atoms with Crippen LogP contribution in [0, 0.1) is 0 Å². The number of carbonyl (C=O) groups excluding carboxylic acids is 2. The van der Waals surface area contributed by atoms with Crippen molar-refractivity contribution in [2.75, 3.05) is 5.32 Å². The molecule has 0 spiro atoms. The molecule has 0 bridgehead atoms. The summed E-state index contributed by atoms with van der Waals surface area (Å²) >= 11 is 5.94. The Hall–Kier alpha value is -2.59. The van der Waals surface area contributed by atoms with Gasteiger partial charge in [-0.15, -0.1) is 0 Å². The van der Waals surface area contributed by atoms with Gasteiger partial charge in [-0.3, -0.25) is 9.59 Å². The van der Waals surface area contributed by atoms with Gasteiger partial charge in [-0.2, -0.15) is 0 Å². The molecule has 0 aromatic heterocycles. The van der Waals surface area contributed by atoms with Crippen LogP contribution in [0.3, 0.4) is 0 Å². The fourth-order valence-corrected chi connectivity index (χ4v) is 3.06. The standard InChI is InChI=1S/C19H17ClN2O2/c1-13(23)22-10-9-14-5-2-3-8-17(14)18(22)12-19(24)21-16-7-4-6-15(20)11-16/h2-11,18H,12H2,1H3,(H,21,24). The number of halogens is 1. The first kappa shape index (κ1) is 16.3. The molecule has 24 heavy (non-hydrogen) atoms. The second-order valence-electron chi connectivity index (χ2n) is 5.65. The smallest absolute Gasteiger partial charge is 0.226 e. The van der Waals surface area contributed by atoms with Crippen molar-refractivity contribution in [3.8, 4) is 0 Å². The Morgan fingerprint density at radius 3 is 2.71 bits per heavy atom. The normalized spacial score (nSPS) is 15.8. The highest BCUT2D eigenvalue weighted by atomic mass is 35.5. The summed E-state index contributed by atoms with van der Waals surface area (Å²) in [6, 6.07) is 14.5. The molecule has 122 valence electrons. The predicted octanol–water partition coefficient (Wildman–Crippen LogP) is 4.24. The first-order valence-electron chi connectivity index (χ1n) is 7.66. The third-order valence-electron chi connectivity index (χ3n) is 3.96. The van der Waals surface area contributed by atoms with Crippen molar-refractivity contribution in [1.29, 1.82) is 0 Å². The number of rotatable bonds is 3. The van der Waals surface area contributed by atoms with Crippen molar-refractivity contribution < 1.29 is 9.59 Å². The Balaban J connectivity index is 1.82. The molecule has 2 aromatic rings. The van der Waals surface area contributed by atoms with Gasteiger partial charge >= 0.3 is 0 Å². The second kappa shape index (κ2) is 6.89. The van der Waals surface area contributed by atoms with Crippen LogP contribution in [0.5, 0.6) is 0 Å². The first-order chi connectivity index (χ1) is 11.5. The molecular weight excluding hydrogens is 324 g/mol. The maximum Gasteiger partial charge on any atom is 0.226 e. The third-order valence-corrected chi connectivity index (χ3v) is 4.19. The summed E-state index contributed by atoms with van der Waals surface area (Å²) in [7, 11) is 0. The zero-order valence-corrected chi connectivity index (χ0v) is 14.0. The van der Waals surface area contributed by atoms with E-state index in [0.29, 0.717) is 10.7 Å². The summed E-state index contributed by atoms with van der Waals surface area (Å²) in [5, 5.41) is 3.39. The number of amides is 2. The summed E-state index contributed by atoms with van der Waals surface area (Å²) in [6.45, 7) is 1.50. The van der Waals surface area contributed by atoms with E-state index in [2.05, 4.69) is 5.32 Å². The summed E-state index contributed by atoms with van der Waals surface area (Å²) in [4.78, 5) is 26.0. The van der Waals surface area contributed by atoms with Crippen molar-refractivity contribution in [2.24, 2.45) is 0 Å². The average Bonchev–Trinajstić information content (AvgIpc) is 2.54. The zero-order valence-electron chi connectivity index (χ0n) is 13.2. The highest BCUT2D eigenvalue weighted by Gasteiger charge is 2.28. The molecule has 2 aromatic carbocycles. The molecule has 0 radical (unpaired) electrons. The highest BCUT2D eigenvalue weighted by Crippen LogP contribution is 2.33. The van der Waals surface area contributed by atoms with Crippen LogP contribution in [0.15, 0.2) is 54.7 Å². The van der Waals surface area contributed by atoms with E-state index >= 15 is 0 Å². The molecule has 1 unspecified atom stereocenters. The number of hydrogen-bond donors (Lipinski definition) is 1. The molecule has 2 amide bonds. The highest BCUT2D eigenvalue weighted by molar-refractivity contribution is 6.30. The summed E-state index contributed by atoms with van der Waals surface area (Å²) in [6.07, 6.45) is 3.80. The van der Waals surface area contributed by atoms with Gasteiger partial charge in [0.15, 0.2) is 0 Å². The number of nitrogens with one attached hydrogen (secondary N) is 1. The van der Waals surface area contributed by atoms with Gasteiger partial charge in [0.1, 0.15) is 0 Å². The van der Waals surface area contributed by atoms with E-state index in [1.165, 1.54) is 6.92 Å². The number of anilines is 1. The van der Waals surface area contributed by atoms with Crippen LogP contribution in [0.25, 0.3) is 6.08 Å². The Morgan fingerprint density at radius 2 is 1.96 bits per heavy atom. The van der Waals surface area contributed by atoms with Gasteiger partial charge in [0.2, 0.25) is 11.8 Å². The molecule has 1 heterocycles. The zero-order chi connectivity index (χ0) is 17.1. The SMILES string of the molecule is CC(=O)N1C=Cc2ccccc2C1CC(=O)Nc1cccc(Cl)c1. The summed E-state index contributed by atoms with van der Waals surface area (Å²) < 4.78 is 0. The molecule has 1 atom stereocenters. The van der Waals surface area contributed by atoms with E-state index < -0.39 is 0 Å². The van der Waals surface area contributed by atoms with Gasteiger partial charge in [-0.05, 0) is 35.4 Å². The van der Waals surface area contributed by atoms with Gasteiger partial charge in [-0.25, -0.2) is 0 Å². The minimum atomic E-state index is -0.317. The van der Waals surface area contributed by atoms with Crippen LogP contribution in [0.4, 0.5) is 5.69 Å². The number of fused-ring (bicyclic) bond motifs is 1. The lowest BCUT2D eigenvalue weighted by molar-refractivity contribution is -0.129. The molecular formula is C19H17ClN2O2. The van der Waals surface area contributed by atoms with Crippen LogP contribution in [0.1, 0.15) is 30.5 Å². The number of benzene rings is 2. The van der Waals surface area contributed by atoms with Crippen LogP contribution >= 0.6 is 11.6 Å². The lowest BCUT2D eigenvalue weighted by Crippen LogP contribution is -2.33. The quantitative estimate of drug-likeness (QED) is 0.908. The van der Waals surface area contributed by atoms with Gasteiger partial charge in [0.25, 0.3) is 0 Å². The van der Waals surface area contributed by atoms with Crippen LogP contribution in [-0.2, 0) is 9.59 Å². The molecule has 0 saturated carbocycles. The van der Waals surface area contributed by atoms with Gasteiger partial charge < -0.3 is 10.2 Å². The van der Waals surface area contributed by atoms with E-state index in [0.717, 1.165) is 11.1 Å². The van der Waals surface area contributed by atoms with E-state index in [1.807, 2.05) is 30.3 Å². The molecule has 0 aliphatic carbocycles. The van der Waals surface area contributed by atoms with Crippen molar-refractivity contribution in [1.82, 2.24) is 4.90 Å². The third kappa shape index (κ3) is 3.49. The lowest BCUT2D eigenvalue weighted by Gasteiger charge is -2.32. The van der Waals surface area contributed by atoms with Crippen molar-refractivity contribution in [3.05, 3.63) is 70.9 Å². The largest absolute Gasteiger partial charge is 0.326 e. The van der Waals surface area contributed by atoms with Crippen molar-refractivity contribution >= 4 is 35.2 Å². The van der Waals surface area contributed by atoms with Crippen LogP contribution in [-0.4, -0.2) is 16.7 Å². The van der Waals surface area contributed by atoms with E-state index in [-0.39, 0.29) is 24.3 Å². The maximum atomic E-state index is 12.5. The summed E-state index contributed by atoms with van der Waals surface area (Å²) in [5.41, 5.74) is 2.63. The summed E-state index contributed by atoms with van der Waals surface area (Å²) in [5.74, 6) is -0.264. The lowest BCUT2D eigenvalue weighted by atomic mass is 9.93. The molecule has 0 saturated heterocycles. The minimum absolute atomic E-state index is 0.0960. The fourth-order valence-electron chi connectivity index (χ4n) is 2.87. The van der Waals surface area contributed by atoms with Gasteiger partial charge in [0.05, 0.1) is 12.5 Å². The monoisotopic (exact) mass is 340 g/mol. The first-order valence-corrected chi connectivity index (χ1v) is 8.04. The van der Waals surface area contributed by atoms with Crippen molar-refractivity contribution in [3.63, 3.8) is 0 Å². The van der Waals surface area contributed by atoms with E-state index in [1.54, 1.807) is 35.4 Å². The molecule has 5 heteroatoms. The number of carbonyl (C=O) groups is 2. The fraction of sp³-hybridized carbons (Fsp3) is 0.158. The Kier molecular flexibility index (Phi) is 4.67. The molecule has 4 nitrogen and oxygen atoms in total. The Morgan fingerprint density at radius 1 is 1.17 bits per heavy atom. The molecule has 0 fully saturated rings. The van der Waals surface area contributed by atoms with E-state index in [9.17, 15) is 9.59 Å². The molecule has 1 N–H and O–H groups in total. The maximum absolute atomic E-state index is 12.5. The Labute approximate surface area is 145 Å². The van der Waals surface area contributed by atoms with Crippen LogP contribution in [0.2, 0.25) is 5.02 Å². The topological polar surface area (TPSA) is 49.4 Å².